The van der Waals surface area contributed by atoms with Crippen molar-refractivity contribution in [3.05, 3.63) is 41.9 Å². The van der Waals surface area contributed by atoms with Gasteiger partial charge in [0, 0.05) is 49.8 Å². The molecule has 2 aliphatic heterocycles. The van der Waals surface area contributed by atoms with E-state index in [9.17, 15) is 0 Å². The number of aromatic amines is 1. The number of nitrogens with zero attached hydrogens (tertiary/aromatic N) is 5. The van der Waals surface area contributed by atoms with Crippen molar-refractivity contribution >= 4 is 22.7 Å². The van der Waals surface area contributed by atoms with Gasteiger partial charge in [0.15, 0.2) is 5.82 Å². The zero-order valence-corrected chi connectivity index (χ0v) is 19.4. The number of aryl methyl sites for hydroxylation is 1. The van der Waals surface area contributed by atoms with Crippen LogP contribution >= 0.6 is 11.8 Å². The second-order valence-electron chi connectivity index (χ2n) is 8.76. The zero-order chi connectivity index (χ0) is 21.6. The van der Waals surface area contributed by atoms with E-state index < -0.39 is 0 Å². The van der Waals surface area contributed by atoms with E-state index in [1.54, 1.807) is 0 Å². The van der Waals surface area contributed by atoms with Gasteiger partial charge in [0.2, 0.25) is 0 Å². The molecule has 2 fully saturated rings. The topological polar surface area (TPSA) is 83.9 Å². The lowest BCUT2D eigenvalue weighted by molar-refractivity contribution is 0.0367. The van der Waals surface area contributed by atoms with Gasteiger partial charge in [-0.15, -0.1) is 5.10 Å². The summed E-state index contributed by atoms with van der Waals surface area (Å²) in [5.41, 5.74) is 2.42. The number of hydrogen-bond acceptors (Lipinski definition) is 7. The van der Waals surface area contributed by atoms with Gasteiger partial charge in [0.05, 0.1) is 18.8 Å². The molecule has 172 valence electrons. The van der Waals surface area contributed by atoms with Crippen LogP contribution in [0.2, 0.25) is 0 Å². The van der Waals surface area contributed by atoms with Crippen LogP contribution in [0.4, 0.5) is 0 Å². The fourth-order valence-corrected chi connectivity index (χ4v) is 6.13. The first kappa shape index (κ1) is 21.9. The minimum Gasteiger partial charge on any atom is -0.379 e. The monoisotopic (exact) mass is 455 g/mol. The standard InChI is InChI=1S/C23H33N7OS/c1-2-5-21-20(4-1)19(18-24-21)6-9-25-23(7-16-32-17-8-23)22-26-27-28-30(22)11-3-10-29-12-14-31-15-13-29/h1-2,4-5,18,24-25H,3,6-17H2. The number of para-hydroxylation sites is 1. The summed E-state index contributed by atoms with van der Waals surface area (Å²) in [7, 11) is 0. The van der Waals surface area contributed by atoms with Crippen molar-refractivity contribution in [2.24, 2.45) is 0 Å². The summed E-state index contributed by atoms with van der Waals surface area (Å²) in [6.07, 6.45) is 6.31. The van der Waals surface area contributed by atoms with E-state index in [1.807, 2.05) is 11.8 Å². The molecule has 0 aliphatic carbocycles. The number of aromatic nitrogens is 5. The predicted octanol–water partition coefficient (Wildman–Crippen LogP) is 2.43. The number of thioether (sulfide) groups is 1. The van der Waals surface area contributed by atoms with Crippen molar-refractivity contribution in [2.75, 3.05) is 50.9 Å². The van der Waals surface area contributed by atoms with Crippen LogP contribution in [0.25, 0.3) is 10.9 Å². The highest BCUT2D eigenvalue weighted by atomic mass is 32.2. The molecule has 8 nitrogen and oxygen atoms in total. The van der Waals surface area contributed by atoms with E-state index in [2.05, 4.69) is 65.9 Å². The van der Waals surface area contributed by atoms with E-state index in [4.69, 9.17) is 4.74 Å². The number of fused-ring (bicyclic) bond motifs is 1. The summed E-state index contributed by atoms with van der Waals surface area (Å²) in [6.45, 7) is 6.58. The maximum atomic E-state index is 5.46. The molecule has 0 saturated carbocycles. The van der Waals surface area contributed by atoms with Crippen LogP contribution in [0.15, 0.2) is 30.5 Å². The second-order valence-corrected chi connectivity index (χ2v) is 9.99. The number of benzene rings is 1. The quantitative estimate of drug-likeness (QED) is 0.513. The molecule has 3 aromatic rings. The first-order chi connectivity index (χ1) is 15.8. The van der Waals surface area contributed by atoms with Crippen LogP contribution < -0.4 is 5.32 Å². The number of tetrazole rings is 1. The molecule has 1 aromatic carbocycles. The van der Waals surface area contributed by atoms with E-state index in [0.717, 1.165) is 89.0 Å². The molecule has 2 N–H and O–H groups in total. The van der Waals surface area contributed by atoms with Gasteiger partial charge in [-0.2, -0.15) is 11.8 Å². The molecule has 9 heteroatoms. The lowest BCUT2D eigenvalue weighted by Gasteiger charge is -2.37. The number of ether oxygens (including phenoxy) is 1. The molecule has 4 heterocycles. The molecule has 0 spiro atoms. The van der Waals surface area contributed by atoms with Crippen LogP contribution in [-0.2, 0) is 23.2 Å². The highest BCUT2D eigenvalue weighted by Gasteiger charge is 2.38. The number of H-pyrrole nitrogens is 1. The van der Waals surface area contributed by atoms with Crippen molar-refractivity contribution in [1.82, 2.24) is 35.4 Å². The van der Waals surface area contributed by atoms with E-state index in [1.165, 1.54) is 16.5 Å². The molecule has 5 rings (SSSR count). The molecule has 0 bridgehead atoms. The molecule has 32 heavy (non-hydrogen) atoms. The van der Waals surface area contributed by atoms with Gasteiger partial charge in [-0.3, -0.25) is 4.90 Å². The lowest BCUT2D eigenvalue weighted by Crippen LogP contribution is -2.48. The first-order valence-electron chi connectivity index (χ1n) is 11.8. The summed E-state index contributed by atoms with van der Waals surface area (Å²) in [6, 6.07) is 8.52. The molecular formula is C23H33N7OS. The molecule has 0 atom stereocenters. The van der Waals surface area contributed by atoms with Gasteiger partial charge >= 0.3 is 0 Å². The van der Waals surface area contributed by atoms with Crippen LogP contribution in [0.1, 0.15) is 30.7 Å². The van der Waals surface area contributed by atoms with Crippen molar-refractivity contribution in [2.45, 2.75) is 37.8 Å². The molecular weight excluding hydrogens is 422 g/mol. The molecule has 0 radical (unpaired) electrons. The average molecular weight is 456 g/mol. The van der Waals surface area contributed by atoms with Crippen LogP contribution in [0, 0.1) is 0 Å². The van der Waals surface area contributed by atoms with Gasteiger partial charge < -0.3 is 15.0 Å². The molecule has 0 amide bonds. The molecule has 2 aliphatic rings. The zero-order valence-electron chi connectivity index (χ0n) is 18.6. The highest BCUT2D eigenvalue weighted by Crippen LogP contribution is 2.35. The van der Waals surface area contributed by atoms with Crippen molar-refractivity contribution < 1.29 is 4.74 Å². The number of nitrogens with one attached hydrogen (secondary N) is 2. The molecule has 2 aromatic heterocycles. The maximum absolute atomic E-state index is 5.46. The van der Waals surface area contributed by atoms with Crippen LogP contribution in [0.5, 0.6) is 0 Å². The fourth-order valence-electron chi connectivity index (χ4n) is 4.94. The van der Waals surface area contributed by atoms with Crippen molar-refractivity contribution in [3.8, 4) is 0 Å². The first-order valence-corrected chi connectivity index (χ1v) is 12.9. The maximum Gasteiger partial charge on any atom is 0.171 e. The smallest absolute Gasteiger partial charge is 0.171 e. The second kappa shape index (κ2) is 10.3. The van der Waals surface area contributed by atoms with E-state index in [-0.39, 0.29) is 5.54 Å². The Morgan fingerprint density at radius 1 is 1.12 bits per heavy atom. The Kier molecular flexibility index (Phi) is 7.06. The Balaban J connectivity index is 1.24. The highest BCUT2D eigenvalue weighted by molar-refractivity contribution is 7.99. The third-order valence-corrected chi connectivity index (χ3v) is 7.77. The van der Waals surface area contributed by atoms with Crippen LogP contribution in [0.3, 0.4) is 0 Å². The predicted molar refractivity (Wildman–Crippen MR) is 128 cm³/mol. The van der Waals surface area contributed by atoms with Crippen LogP contribution in [-0.4, -0.2) is 81.0 Å². The fraction of sp³-hybridized carbons (Fsp3) is 0.609. The summed E-state index contributed by atoms with van der Waals surface area (Å²) in [5, 5.41) is 18.2. The van der Waals surface area contributed by atoms with Crippen molar-refractivity contribution in [1.29, 1.82) is 0 Å². The van der Waals surface area contributed by atoms with E-state index in [0.29, 0.717) is 0 Å². The summed E-state index contributed by atoms with van der Waals surface area (Å²) in [5.74, 6) is 3.29. The number of rotatable bonds is 9. The number of morpholine rings is 1. The Bertz CT molecular complexity index is 991. The average Bonchev–Trinajstić information content (AvgIpc) is 3.48. The minimum absolute atomic E-state index is 0.139. The lowest BCUT2D eigenvalue weighted by atomic mass is 9.90. The third kappa shape index (κ3) is 4.85. The van der Waals surface area contributed by atoms with Gasteiger partial charge in [-0.1, -0.05) is 18.2 Å². The Labute approximate surface area is 193 Å². The van der Waals surface area contributed by atoms with Gasteiger partial charge in [-0.05, 0) is 59.2 Å². The summed E-state index contributed by atoms with van der Waals surface area (Å²) >= 11 is 2.03. The molecule has 2 saturated heterocycles. The van der Waals surface area contributed by atoms with E-state index >= 15 is 0 Å². The Morgan fingerprint density at radius 3 is 2.84 bits per heavy atom. The van der Waals surface area contributed by atoms with Crippen molar-refractivity contribution in [3.63, 3.8) is 0 Å². The Morgan fingerprint density at radius 2 is 1.97 bits per heavy atom. The third-order valence-electron chi connectivity index (χ3n) is 6.79. The largest absolute Gasteiger partial charge is 0.379 e. The summed E-state index contributed by atoms with van der Waals surface area (Å²) in [4.78, 5) is 5.87. The van der Waals surface area contributed by atoms with Gasteiger partial charge in [0.1, 0.15) is 0 Å². The normalized spacial score (nSPS) is 19.5. The van der Waals surface area contributed by atoms with Gasteiger partial charge in [-0.25, -0.2) is 4.68 Å². The minimum atomic E-state index is -0.139. The molecule has 0 unspecified atom stereocenters. The summed E-state index contributed by atoms with van der Waals surface area (Å²) < 4.78 is 7.51. The SMILES string of the molecule is c1ccc2c(CCNC3(c4nnnn4CCCN4CCOCC4)CCSCC3)c[nH]c2c1. The Hall–Kier alpha value is -1.94. The van der Waals surface area contributed by atoms with Gasteiger partial charge in [0.25, 0.3) is 0 Å². The number of hydrogen-bond donors (Lipinski definition) is 2.